The Labute approximate surface area is 125 Å². The fourth-order valence-electron chi connectivity index (χ4n) is 2.32. The zero-order valence-electron chi connectivity index (χ0n) is 12.0. The van der Waals surface area contributed by atoms with E-state index in [0.29, 0.717) is 17.1 Å². The fraction of sp³-hybridized carbons (Fsp3) is 0.308. The van der Waals surface area contributed by atoms with Crippen LogP contribution < -0.4 is 11.1 Å². The molecule has 8 heteroatoms. The van der Waals surface area contributed by atoms with Gasteiger partial charge in [-0.15, -0.1) is 11.3 Å². The fourth-order valence-corrected chi connectivity index (χ4v) is 3.43. The highest BCUT2D eigenvalue weighted by Gasteiger charge is 2.20. The van der Waals surface area contributed by atoms with Crippen molar-refractivity contribution in [1.82, 2.24) is 24.9 Å². The van der Waals surface area contributed by atoms with Crippen LogP contribution in [0.1, 0.15) is 20.9 Å². The topological polar surface area (TPSA) is 90.8 Å². The van der Waals surface area contributed by atoms with E-state index in [-0.39, 0.29) is 5.91 Å². The van der Waals surface area contributed by atoms with E-state index in [2.05, 4.69) is 15.5 Å². The average molecular weight is 304 g/mol. The predicted molar refractivity (Wildman–Crippen MR) is 82.1 cm³/mol. The van der Waals surface area contributed by atoms with Crippen LogP contribution in [0.15, 0.2) is 12.4 Å². The van der Waals surface area contributed by atoms with Crippen molar-refractivity contribution in [2.45, 2.75) is 13.5 Å². The Morgan fingerprint density at radius 3 is 2.86 bits per heavy atom. The number of aryl methyl sites for hydroxylation is 3. The number of aromatic nitrogens is 4. The van der Waals surface area contributed by atoms with E-state index in [0.717, 1.165) is 21.5 Å². The molecule has 0 unspecified atom stereocenters. The number of carbonyl (C=O) groups excluding carboxylic acids is 1. The molecule has 0 bridgehead atoms. The molecule has 3 aromatic rings. The summed E-state index contributed by atoms with van der Waals surface area (Å²) >= 11 is 1.36. The first kappa shape index (κ1) is 13.6. The number of anilines is 1. The van der Waals surface area contributed by atoms with Crippen LogP contribution in [-0.4, -0.2) is 25.5 Å². The molecule has 110 valence electrons. The van der Waals surface area contributed by atoms with E-state index < -0.39 is 0 Å². The Morgan fingerprint density at radius 1 is 1.48 bits per heavy atom. The van der Waals surface area contributed by atoms with Crippen molar-refractivity contribution in [3.8, 4) is 0 Å². The molecule has 0 aliphatic carbocycles. The highest BCUT2D eigenvalue weighted by Crippen LogP contribution is 2.35. The third-order valence-corrected chi connectivity index (χ3v) is 4.57. The molecule has 0 aliphatic heterocycles. The molecule has 0 radical (unpaired) electrons. The van der Waals surface area contributed by atoms with Gasteiger partial charge in [-0.3, -0.25) is 14.2 Å². The van der Waals surface area contributed by atoms with Gasteiger partial charge in [-0.2, -0.15) is 10.2 Å². The summed E-state index contributed by atoms with van der Waals surface area (Å²) in [5.41, 5.74) is 8.40. The molecular weight excluding hydrogens is 288 g/mol. The first-order valence-electron chi connectivity index (χ1n) is 6.44. The molecule has 3 aromatic heterocycles. The number of nitrogens with two attached hydrogens (primary N) is 1. The Bertz CT molecular complexity index is 827. The van der Waals surface area contributed by atoms with Gasteiger partial charge in [0.15, 0.2) is 0 Å². The maximum Gasteiger partial charge on any atom is 0.263 e. The molecule has 0 saturated carbocycles. The summed E-state index contributed by atoms with van der Waals surface area (Å²) in [6.45, 7) is 2.32. The van der Waals surface area contributed by atoms with Crippen LogP contribution >= 0.6 is 11.3 Å². The highest BCUT2D eigenvalue weighted by molar-refractivity contribution is 7.21. The second-order valence-corrected chi connectivity index (χ2v) is 5.94. The molecule has 0 spiro atoms. The summed E-state index contributed by atoms with van der Waals surface area (Å²) in [5.74, 6) is -0.169. The van der Waals surface area contributed by atoms with Crippen molar-refractivity contribution in [3.05, 3.63) is 28.5 Å². The number of nitrogen functional groups attached to an aromatic ring is 1. The Morgan fingerprint density at radius 2 is 2.24 bits per heavy atom. The maximum absolute atomic E-state index is 12.3. The number of amides is 1. The molecule has 0 aliphatic rings. The van der Waals surface area contributed by atoms with Crippen LogP contribution in [0.3, 0.4) is 0 Å². The van der Waals surface area contributed by atoms with Crippen molar-refractivity contribution in [2.75, 3.05) is 5.73 Å². The van der Waals surface area contributed by atoms with E-state index in [9.17, 15) is 4.79 Å². The number of fused-ring (bicyclic) bond motifs is 1. The molecule has 21 heavy (non-hydrogen) atoms. The normalized spacial score (nSPS) is 11.2. The molecule has 3 rings (SSSR count). The Kier molecular flexibility index (Phi) is 3.17. The van der Waals surface area contributed by atoms with Crippen molar-refractivity contribution in [2.24, 2.45) is 14.1 Å². The summed E-state index contributed by atoms with van der Waals surface area (Å²) in [5, 5.41) is 12.1. The molecule has 1 amide bonds. The smallest absolute Gasteiger partial charge is 0.263 e. The van der Waals surface area contributed by atoms with Crippen molar-refractivity contribution in [1.29, 1.82) is 0 Å². The third kappa shape index (κ3) is 2.27. The van der Waals surface area contributed by atoms with Gasteiger partial charge in [0.2, 0.25) is 0 Å². The standard InChI is InChI=1S/C13H16N6OS/c1-7-9-10(14)11(21-13(9)19(3)17-7)12(20)15-4-8-5-16-18(2)6-8/h5-6H,4,14H2,1-3H3,(H,15,20). The maximum atomic E-state index is 12.3. The minimum atomic E-state index is -0.169. The lowest BCUT2D eigenvalue weighted by Crippen LogP contribution is -2.22. The van der Waals surface area contributed by atoms with Gasteiger partial charge in [0.05, 0.1) is 23.0 Å². The summed E-state index contributed by atoms with van der Waals surface area (Å²) in [6, 6.07) is 0. The number of rotatable bonds is 3. The molecular formula is C13H16N6OS. The van der Waals surface area contributed by atoms with Crippen molar-refractivity contribution < 1.29 is 4.79 Å². The summed E-state index contributed by atoms with van der Waals surface area (Å²) < 4.78 is 3.45. The summed E-state index contributed by atoms with van der Waals surface area (Å²) in [6.07, 6.45) is 3.59. The van der Waals surface area contributed by atoms with Crippen LogP contribution in [0.2, 0.25) is 0 Å². The van der Waals surface area contributed by atoms with Crippen LogP contribution in [-0.2, 0) is 20.6 Å². The second-order valence-electron chi connectivity index (χ2n) is 4.94. The van der Waals surface area contributed by atoms with Crippen LogP contribution in [0.4, 0.5) is 5.69 Å². The third-order valence-electron chi connectivity index (χ3n) is 3.30. The van der Waals surface area contributed by atoms with Crippen LogP contribution in [0, 0.1) is 6.92 Å². The van der Waals surface area contributed by atoms with E-state index in [1.165, 1.54) is 11.3 Å². The van der Waals surface area contributed by atoms with Gasteiger partial charge in [0.1, 0.15) is 9.71 Å². The largest absolute Gasteiger partial charge is 0.397 e. The van der Waals surface area contributed by atoms with Crippen LogP contribution in [0.5, 0.6) is 0 Å². The van der Waals surface area contributed by atoms with Crippen molar-refractivity contribution >= 4 is 33.1 Å². The molecule has 0 atom stereocenters. The van der Waals surface area contributed by atoms with E-state index in [1.54, 1.807) is 15.6 Å². The number of carbonyl (C=O) groups is 1. The monoisotopic (exact) mass is 304 g/mol. The number of nitrogens with zero attached hydrogens (tertiary/aromatic N) is 4. The molecule has 0 fully saturated rings. The lowest BCUT2D eigenvalue weighted by molar-refractivity contribution is 0.0956. The van der Waals surface area contributed by atoms with Gasteiger partial charge in [-0.25, -0.2) is 0 Å². The van der Waals surface area contributed by atoms with Gasteiger partial charge in [0, 0.05) is 32.4 Å². The van der Waals surface area contributed by atoms with E-state index in [4.69, 9.17) is 5.73 Å². The molecule has 7 nitrogen and oxygen atoms in total. The van der Waals surface area contributed by atoms with E-state index >= 15 is 0 Å². The Hall–Kier alpha value is -2.35. The summed E-state index contributed by atoms with van der Waals surface area (Å²) in [4.78, 5) is 13.7. The van der Waals surface area contributed by atoms with Gasteiger partial charge >= 0.3 is 0 Å². The first-order chi connectivity index (χ1) is 9.97. The lowest BCUT2D eigenvalue weighted by atomic mass is 10.2. The zero-order valence-corrected chi connectivity index (χ0v) is 12.9. The van der Waals surface area contributed by atoms with Gasteiger partial charge in [-0.1, -0.05) is 0 Å². The minimum absolute atomic E-state index is 0.169. The molecule has 0 saturated heterocycles. The zero-order chi connectivity index (χ0) is 15.1. The molecule has 0 aromatic carbocycles. The average Bonchev–Trinajstić information content (AvgIpc) is 3.06. The van der Waals surface area contributed by atoms with Gasteiger partial charge in [0.25, 0.3) is 5.91 Å². The van der Waals surface area contributed by atoms with Crippen LogP contribution in [0.25, 0.3) is 10.2 Å². The predicted octanol–water partition coefficient (Wildman–Crippen LogP) is 1.19. The summed E-state index contributed by atoms with van der Waals surface area (Å²) in [7, 11) is 3.69. The van der Waals surface area contributed by atoms with Gasteiger partial charge in [-0.05, 0) is 6.92 Å². The van der Waals surface area contributed by atoms with E-state index in [1.807, 2.05) is 27.2 Å². The van der Waals surface area contributed by atoms with Crippen molar-refractivity contribution in [3.63, 3.8) is 0 Å². The minimum Gasteiger partial charge on any atom is -0.397 e. The second kappa shape index (κ2) is 4.88. The quantitative estimate of drug-likeness (QED) is 0.760. The first-order valence-corrected chi connectivity index (χ1v) is 7.26. The number of hydrogen-bond acceptors (Lipinski definition) is 5. The Balaban J connectivity index is 1.84. The lowest BCUT2D eigenvalue weighted by Gasteiger charge is -2.02. The number of nitrogens with one attached hydrogen (secondary N) is 1. The highest BCUT2D eigenvalue weighted by atomic mass is 32.1. The molecule has 3 N–H and O–H groups in total. The number of thiophene rings is 1. The van der Waals surface area contributed by atoms with Gasteiger partial charge < -0.3 is 11.1 Å². The molecule has 3 heterocycles. The number of hydrogen-bond donors (Lipinski definition) is 2. The SMILES string of the molecule is Cc1nn(C)c2sc(C(=O)NCc3cnn(C)c3)c(N)c12.